The van der Waals surface area contributed by atoms with Gasteiger partial charge in [0, 0.05) is 19.6 Å². The molecular formula is C11H22N2O3. The number of morpholine rings is 1. The fourth-order valence-electron chi connectivity index (χ4n) is 2.01. The van der Waals surface area contributed by atoms with E-state index in [0.29, 0.717) is 13.2 Å². The van der Waals surface area contributed by atoms with Gasteiger partial charge >= 0.3 is 5.97 Å². The van der Waals surface area contributed by atoms with Crippen molar-refractivity contribution in [3.8, 4) is 0 Å². The van der Waals surface area contributed by atoms with E-state index in [1.807, 2.05) is 13.8 Å². The first-order valence-electron chi connectivity index (χ1n) is 5.50. The zero-order valence-electron chi connectivity index (χ0n) is 10.6. The Bertz CT molecular complexity index is 264. The predicted octanol–water partition coefficient (Wildman–Crippen LogP) is -0.0124. The lowest BCUT2D eigenvalue weighted by molar-refractivity contribution is -0.149. The molecular weight excluding hydrogens is 208 g/mol. The highest BCUT2D eigenvalue weighted by Crippen LogP contribution is 2.18. The molecule has 94 valence electrons. The van der Waals surface area contributed by atoms with Gasteiger partial charge in [0.1, 0.15) is 5.54 Å². The number of hydrogen-bond acceptors (Lipinski definition) is 5. The third kappa shape index (κ3) is 3.43. The second-order valence-corrected chi connectivity index (χ2v) is 5.23. The predicted molar refractivity (Wildman–Crippen MR) is 61.1 cm³/mol. The maximum absolute atomic E-state index is 11.5. The molecule has 0 radical (unpaired) electrons. The highest BCUT2D eigenvalue weighted by molar-refractivity contribution is 5.80. The Morgan fingerprint density at radius 1 is 1.62 bits per heavy atom. The molecule has 1 fully saturated rings. The van der Waals surface area contributed by atoms with E-state index in [2.05, 4.69) is 9.64 Å². The van der Waals surface area contributed by atoms with Gasteiger partial charge in [0.25, 0.3) is 0 Å². The van der Waals surface area contributed by atoms with Gasteiger partial charge in [-0.15, -0.1) is 0 Å². The normalized spacial score (nSPS) is 24.8. The van der Waals surface area contributed by atoms with Gasteiger partial charge in [-0.1, -0.05) is 0 Å². The van der Waals surface area contributed by atoms with Gasteiger partial charge in [0.15, 0.2) is 0 Å². The van der Waals surface area contributed by atoms with Crippen molar-refractivity contribution in [2.45, 2.75) is 31.9 Å². The summed E-state index contributed by atoms with van der Waals surface area (Å²) in [5.74, 6) is -0.378. The number of ether oxygens (including phenoxy) is 2. The minimum atomic E-state index is -0.956. The fraction of sp³-hybridized carbons (Fsp3) is 0.909. The second-order valence-electron chi connectivity index (χ2n) is 5.23. The van der Waals surface area contributed by atoms with Crippen LogP contribution in [0.4, 0.5) is 0 Å². The summed E-state index contributed by atoms with van der Waals surface area (Å²) in [6, 6.07) is 0. The van der Waals surface area contributed by atoms with Gasteiger partial charge in [-0.3, -0.25) is 9.69 Å². The van der Waals surface area contributed by atoms with Crippen LogP contribution in [-0.2, 0) is 14.3 Å². The number of carbonyl (C=O) groups excluding carboxylic acids is 1. The molecule has 1 saturated heterocycles. The van der Waals surface area contributed by atoms with Crippen LogP contribution in [0.5, 0.6) is 0 Å². The monoisotopic (exact) mass is 230 g/mol. The summed E-state index contributed by atoms with van der Waals surface area (Å²) < 4.78 is 10.3. The van der Waals surface area contributed by atoms with Crippen LogP contribution in [0.2, 0.25) is 0 Å². The average molecular weight is 230 g/mol. The van der Waals surface area contributed by atoms with Crippen LogP contribution >= 0.6 is 0 Å². The molecule has 1 aliphatic heterocycles. The van der Waals surface area contributed by atoms with E-state index >= 15 is 0 Å². The molecule has 0 saturated carbocycles. The second kappa shape index (κ2) is 4.69. The standard InChI is InChI=1S/C11H22N2O3/c1-10(2)7-13(5-6-16-10)8-11(3,12)9(14)15-4/h5-8,12H2,1-4H3. The van der Waals surface area contributed by atoms with Crippen molar-refractivity contribution in [3.63, 3.8) is 0 Å². The first kappa shape index (κ1) is 13.4. The number of nitrogens with two attached hydrogens (primary N) is 1. The SMILES string of the molecule is COC(=O)C(C)(N)CN1CCOC(C)(C)C1. The number of rotatable bonds is 3. The van der Waals surface area contributed by atoms with Crippen molar-refractivity contribution < 1.29 is 14.3 Å². The lowest BCUT2D eigenvalue weighted by Gasteiger charge is -2.40. The van der Waals surface area contributed by atoms with Gasteiger partial charge in [-0.25, -0.2) is 0 Å². The molecule has 16 heavy (non-hydrogen) atoms. The Labute approximate surface area is 96.9 Å². The number of methoxy groups -OCH3 is 1. The quantitative estimate of drug-likeness (QED) is 0.691. The highest BCUT2D eigenvalue weighted by Gasteiger charge is 2.35. The Morgan fingerprint density at radius 2 is 2.25 bits per heavy atom. The molecule has 5 heteroatoms. The van der Waals surface area contributed by atoms with Crippen LogP contribution in [0.25, 0.3) is 0 Å². The maximum atomic E-state index is 11.5. The minimum absolute atomic E-state index is 0.176. The first-order valence-corrected chi connectivity index (χ1v) is 5.50. The summed E-state index contributed by atoms with van der Waals surface area (Å²) in [4.78, 5) is 13.6. The van der Waals surface area contributed by atoms with Crippen LogP contribution in [0.1, 0.15) is 20.8 Å². The van der Waals surface area contributed by atoms with Crippen LogP contribution in [0.15, 0.2) is 0 Å². The van der Waals surface area contributed by atoms with Crippen molar-refractivity contribution in [1.29, 1.82) is 0 Å². The first-order chi connectivity index (χ1) is 7.27. The molecule has 0 aromatic rings. The van der Waals surface area contributed by atoms with Crippen molar-refractivity contribution in [2.75, 3.05) is 33.4 Å². The van der Waals surface area contributed by atoms with Crippen LogP contribution in [-0.4, -0.2) is 55.4 Å². The summed E-state index contributed by atoms with van der Waals surface area (Å²) in [6.07, 6.45) is 0. The molecule has 1 atom stereocenters. The van der Waals surface area contributed by atoms with Gasteiger partial charge < -0.3 is 15.2 Å². The minimum Gasteiger partial charge on any atom is -0.468 e. The summed E-state index contributed by atoms with van der Waals surface area (Å²) >= 11 is 0. The topological polar surface area (TPSA) is 64.8 Å². The zero-order valence-corrected chi connectivity index (χ0v) is 10.6. The molecule has 0 amide bonds. The number of hydrogen-bond donors (Lipinski definition) is 1. The van der Waals surface area contributed by atoms with E-state index in [9.17, 15) is 4.79 Å². The van der Waals surface area contributed by atoms with Crippen molar-refractivity contribution in [3.05, 3.63) is 0 Å². The van der Waals surface area contributed by atoms with Crippen molar-refractivity contribution in [1.82, 2.24) is 4.90 Å². The average Bonchev–Trinajstić information content (AvgIpc) is 2.14. The lowest BCUT2D eigenvalue weighted by atomic mass is 10.0. The number of esters is 1. The van der Waals surface area contributed by atoms with Crippen LogP contribution in [0, 0.1) is 0 Å². The Morgan fingerprint density at radius 3 is 2.75 bits per heavy atom. The smallest absolute Gasteiger partial charge is 0.326 e. The Hall–Kier alpha value is -0.650. The highest BCUT2D eigenvalue weighted by atomic mass is 16.5. The van der Waals surface area contributed by atoms with Gasteiger partial charge in [-0.2, -0.15) is 0 Å². The van der Waals surface area contributed by atoms with Gasteiger partial charge in [-0.05, 0) is 20.8 Å². The molecule has 0 aromatic carbocycles. The fourth-order valence-corrected chi connectivity index (χ4v) is 2.01. The molecule has 1 heterocycles. The number of nitrogens with zero attached hydrogens (tertiary/aromatic N) is 1. The van der Waals surface area contributed by atoms with Crippen molar-refractivity contribution in [2.24, 2.45) is 5.73 Å². The maximum Gasteiger partial charge on any atom is 0.326 e. The lowest BCUT2D eigenvalue weighted by Crippen LogP contribution is -2.58. The summed E-state index contributed by atoms with van der Waals surface area (Å²) in [6.45, 7) is 8.50. The van der Waals surface area contributed by atoms with E-state index in [0.717, 1.165) is 13.1 Å². The molecule has 0 bridgehead atoms. The largest absolute Gasteiger partial charge is 0.468 e. The summed E-state index contributed by atoms with van der Waals surface area (Å²) in [5.41, 5.74) is 4.80. The van der Waals surface area contributed by atoms with E-state index in [1.54, 1.807) is 6.92 Å². The molecule has 0 aromatic heterocycles. The zero-order chi connectivity index (χ0) is 12.4. The molecule has 1 unspecified atom stereocenters. The molecule has 0 spiro atoms. The molecule has 1 aliphatic rings. The van der Waals surface area contributed by atoms with E-state index in [4.69, 9.17) is 10.5 Å². The third-order valence-electron chi connectivity index (χ3n) is 2.71. The molecule has 2 N–H and O–H groups in total. The molecule has 5 nitrogen and oxygen atoms in total. The molecule has 1 rings (SSSR count). The summed E-state index contributed by atoms with van der Waals surface area (Å²) in [7, 11) is 1.36. The van der Waals surface area contributed by atoms with Crippen LogP contribution in [0.3, 0.4) is 0 Å². The van der Waals surface area contributed by atoms with Crippen LogP contribution < -0.4 is 5.73 Å². The van der Waals surface area contributed by atoms with Crippen molar-refractivity contribution >= 4 is 5.97 Å². The van der Waals surface area contributed by atoms with E-state index in [1.165, 1.54) is 7.11 Å². The van der Waals surface area contributed by atoms with E-state index < -0.39 is 5.54 Å². The third-order valence-corrected chi connectivity index (χ3v) is 2.71. The molecule has 0 aliphatic carbocycles. The van der Waals surface area contributed by atoms with E-state index in [-0.39, 0.29) is 11.6 Å². The number of carbonyl (C=O) groups is 1. The van der Waals surface area contributed by atoms with Gasteiger partial charge in [0.05, 0.1) is 19.3 Å². The summed E-state index contributed by atoms with van der Waals surface area (Å²) in [5, 5.41) is 0. The Balaban J connectivity index is 2.57. The van der Waals surface area contributed by atoms with Gasteiger partial charge in [0.2, 0.25) is 0 Å². The Kier molecular flexibility index (Phi) is 3.93.